The fourth-order valence-corrected chi connectivity index (χ4v) is 6.51. The molecule has 43 heavy (non-hydrogen) atoms. The van der Waals surface area contributed by atoms with Gasteiger partial charge in [0, 0.05) is 0 Å². The molecule has 0 spiro atoms. The lowest BCUT2D eigenvalue weighted by atomic mass is 10.1. The highest BCUT2D eigenvalue weighted by Crippen LogP contribution is 2.38. The van der Waals surface area contributed by atoms with Crippen LogP contribution in [0.25, 0.3) is 12.2 Å². The molecule has 2 atom stereocenters. The Hall–Kier alpha value is -4.63. The van der Waals surface area contributed by atoms with Crippen LogP contribution in [0.1, 0.15) is 32.8 Å². The van der Waals surface area contributed by atoms with Crippen molar-refractivity contribution in [2.45, 2.75) is 10.5 Å². The summed E-state index contributed by atoms with van der Waals surface area (Å²) in [5.41, 5.74) is 2.12. The van der Waals surface area contributed by atoms with Gasteiger partial charge < -0.3 is 18.9 Å². The number of benzene rings is 4. The first kappa shape index (κ1) is 31.3. The number of halogens is 2. The number of rotatable bonds is 12. The molecular formula is C34H32F2O6S. The van der Waals surface area contributed by atoms with Gasteiger partial charge in [0.25, 0.3) is 0 Å². The van der Waals surface area contributed by atoms with E-state index >= 15 is 0 Å². The summed E-state index contributed by atoms with van der Waals surface area (Å²) in [7, 11) is 1.71. The first-order valence-electron chi connectivity index (χ1n) is 13.2. The summed E-state index contributed by atoms with van der Waals surface area (Å²) in [6.07, 6.45) is 6.37. The molecule has 0 saturated heterocycles. The number of hydrogen-bond donors (Lipinski definition) is 0. The van der Waals surface area contributed by atoms with Crippen molar-refractivity contribution in [3.05, 3.63) is 131 Å². The summed E-state index contributed by atoms with van der Waals surface area (Å²) in [6, 6.07) is 22.1. The van der Waals surface area contributed by atoms with Crippen molar-refractivity contribution in [3.8, 4) is 23.0 Å². The van der Waals surface area contributed by atoms with Crippen molar-refractivity contribution in [3.63, 3.8) is 0 Å². The van der Waals surface area contributed by atoms with Crippen molar-refractivity contribution in [1.82, 2.24) is 0 Å². The minimum atomic E-state index is -4.06. The van der Waals surface area contributed by atoms with Gasteiger partial charge in [-0.15, -0.1) is 0 Å². The van der Waals surface area contributed by atoms with Gasteiger partial charge in [-0.1, -0.05) is 60.7 Å². The van der Waals surface area contributed by atoms with E-state index < -0.39 is 32.0 Å². The van der Waals surface area contributed by atoms with Crippen LogP contribution in [0.3, 0.4) is 0 Å². The maximum absolute atomic E-state index is 14.6. The fraction of sp³-hybridized carbons (Fsp3) is 0.176. The summed E-state index contributed by atoms with van der Waals surface area (Å²) >= 11 is 0. The monoisotopic (exact) mass is 606 g/mol. The van der Waals surface area contributed by atoms with Crippen LogP contribution in [-0.4, -0.2) is 36.9 Å². The van der Waals surface area contributed by atoms with Crippen molar-refractivity contribution in [2.24, 2.45) is 0 Å². The average Bonchev–Trinajstić information content (AvgIpc) is 3.03. The standard InChI is InChI=1S/C34H32F2O6S/c1-39-27-13-9-25(10-14-27)33(19-7-23-5-17-29(35)31(21-23)41-3)43(37,38)34(26-11-15-28(40-2)16-12-26)20-8-24-6-18-30(36)32(22-24)42-4/h5-22,33-34H,1-4H3. The van der Waals surface area contributed by atoms with E-state index in [4.69, 9.17) is 18.9 Å². The zero-order valence-electron chi connectivity index (χ0n) is 24.2. The zero-order chi connectivity index (χ0) is 31.0. The molecule has 0 aromatic heterocycles. The maximum atomic E-state index is 14.6. The predicted octanol–water partition coefficient (Wildman–Crippen LogP) is 7.62. The minimum Gasteiger partial charge on any atom is -0.497 e. The second kappa shape index (κ2) is 14.0. The van der Waals surface area contributed by atoms with Crippen LogP contribution in [0.4, 0.5) is 8.78 Å². The SMILES string of the molecule is COc1ccc(C(C=Cc2ccc(F)c(OC)c2)S(=O)(=O)C(C=Cc2ccc(F)c(OC)c2)c2ccc(OC)cc2)cc1. The van der Waals surface area contributed by atoms with Gasteiger partial charge in [0.2, 0.25) is 0 Å². The molecule has 0 fully saturated rings. The van der Waals surface area contributed by atoms with Crippen LogP contribution in [-0.2, 0) is 9.84 Å². The van der Waals surface area contributed by atoms with Crippen molar-refractivity contribution in [1.29, 1.82) is 0 Å². The number of ether oxygens (including phenoxy) is 4. The molecule has 4 aromatic carbocycles. The van der Waals surface area contributed by atoms with E-state index in [-0.39, 0.29) is 11.5 Å². The maximum Gasteiger partial charge on any atom is 0.171 e. The second-order valence-electron chi connectivity index (χ2n) is 9.48. The smallest absolute Gasteiger partial charge is 0.171 e. The Bertz CT molecular complexity index is 1580. The highest BCUT2D eigenvalue weighted by Gasteiger charge is 2.33. The molecule has 4 aromatic rings. The quantitative estimate of drug-likeness (QED) is 0.165. The van der Waals surface area contributed by atoms with Crippen LogP contribution in [0.15, 0.2) is 97.1 Å². The third-order valence-corrected chi connectivity index (χ3v) is 9.15. The van der Waals surface area contributed by atoms with Crippen LogP contribution < -0.4 is 18.9 Å². The third-order valence-electron chi connectivity index (χ3n) is 6.87. The van der Waals surface area contributed by atoms with Crippen molar-refractivity contribution < 1.29 is 36.1 Å². The van der Waals surface area contributed by atoms with Gasteiger partial charge in [-0.3, -0.25) is 0 Å². The first-order valence-corrected chi connectivity index (χ1v) is 14.8. The van der Waals surface area contributed by atoms with Gasteiger partial charge in [0.05, 0.1) is 28.4 Å². The van der Waals surface area contributed by atoms with Crippen LogP contribution in [0, 0.1) is 11.6 Å². The molecule has 0 aliphatic rings. The Balaban J connectivity index is 1.85. The number of methoxy groups -OCH3 is 4. The molecule has 224 valence electrons. The lowest BCUT2D eigenvalue weighted by molar-refractivity contribution is 0.386. The lowest BCUT2D eigenvalue weighted by Gasteiger charge is -2.22. The fourth-order valence-electron chi connectivity index (χ4n) is 4.52. The summed E-state index contributed by atoms with van der Waals surface area (Å²) in [6.45, 7) is 0. The number of sulfone groups is 1. The molecule has 0 amide bonds. The molecular weight excluding hydrogens is 574 g/mol. The summed E-state index contributed by atoms with van der Waals surface area (Å²) in [4.78, 5) is 0. The normalized spacial score (nSPS) is 13.2. The Morgan fingerprint density at radius 1 is 0.558 bits per heavy atom. The van der Waals surface area contributed by atoms with Crippen LogP contribution in [0.5, 0.6) is 23.0 Å². The highest BCUT2D eigenvalue weighted by atomic mass is 32.2. The second-order valence-corrected chi connectivity index (χ2v) is 11.7. The molecule has 6 nitrogen and oxygen atoms in total. The molecule has 4 rings (SSSR count). The minimum absolute atomic E-state index is 0.0415. The molecule has 0 radical (unpaired) electrons. The predicted molar refractivity (Wildman–Crippen MR) is 164 cm³/mol. The van der Waals surface area contributed by atoms with E-state index in [0.717, 1.165) is 0 Å². The third kappa shape index (κ3) is 7.42. The van der Waals surface area contributed by atoms with Crippen molar-refractivity contribution in [2.75, 3.05) is 28.4 Å². The molecule has 0 bridgehead atoms. The summed E-state index contributed by atoms with van der Waals surface area (Å²) in [5.74, 6) is 0.176. The van der Waals surface area contributed by atoms with E-state index in [1.807, 2.05) is 0 Å². The summed E-state index contributed by atoms with van der Waals surface area (Å²) in [5, 5.41) is -2.23. The van der Waals surface area contributed by atoms with Gasteiger partial charge in [-0.05, 0) is 70.8 Å². The molecule has 0 heterocycles. The van der Waals surface area contributed by atoms with Gasteiger partial charge in [-0.25, -0.2) is 17.2 Å². The first-order chi connectivity index (χ1) is 20.7. The molecule has 0 N–H and O–H groups in total. The van der Waals surface area contributed by atoms with E-state index in [0.29, 0.717) is 33.8 Å². The Labute approximate surface area is 250 Å². The van der Waals surface area contributed by atoms with Gasteiger partial charge >= 0.3 is 0 Å². The van der Waals surface area contributed by atoms with Crippen LogP contribution in [0.2, 0.25) is 0 Å². The largest absolute Gasteiger partial charge is 0.497 e. The van der Waals surface area contributed by atoms with E-state index in [2.05, 4.69) is 0 Å². The van der Waals surface area contributed by atoms with Crippen LogP contribution >= 0.6 is 0 Å². The highest BCUT2D eigenvalue weighted by molar-refractivity contribution is 7.92. The van der Waals surface area contributed by atoms with Gasteiger partial charge in [0.1, 0.15) is 22.0 Å². The molecule has 0 aliphatic carbocycles. The van der Waals surface area contributed by atoms with Gasteiger partial charge in [0.15, 0.2) is 33.0 Å². The average molecular weight is 607 g/mol. The Morgan fingerprint density at radius 2 is 0.930 bits per heavy atom. The summed E-state index contributed by atoms with van der Waals surface area (Å²) < 4.78 is 78.0. The molecule has 0 saturated carbocycles. The Kier molecular flexibility index (Phi) is 10.2. The molecule has 9 heteroatoms. The zero-order valence-corrected chi connectivity index (χ0v) is 25.0. The molecule has 0 aliphatic heterocycles. The lowest BCUT2D eigenvalue weighted by Crippen LogP contribution is -2.19. The van der Waals surface area contributed by atoms with Gasteiger partial charge in [-0.2, -0.15) is 0 Å². The number of hydrogen-bond acceptors (Lipinski definition) is 6. The van der Waals surface area contributed by atoms with E-state index in [1.54, 1.807) is 72.8 Å². The van der Waals surface area contributed by atoms with E-state index in [1.165, 1.54) is 64.8 Å². The Morgan fingerprint density at radius 3 is 1.26 bits per heavy atom. The molecule has 2 unspecified atom stereocenters. The van der Waals surface area contributed by atoms with Crippen molar-refractivity contribution >= 4 is 22.0 Å². The topological polar surface area (TPSA) is 71.1 Å². The van der Waals surface area contributed by atoms with E-state index in [9.17, 15) is 17.2 Å².